The molecule has 0 rings (SSSR count). The molecule has 454 valence electrons. The molecule has 0 heterocycles. The Morgan fingerprint density at radius 1 is 0.364 bits per heavy atom. The molecule has 3 N–H and O–H groups in total. The first-order chi connectivity index (χ1) is 38.0. The summed E-state index contributed by atoms with van der Waals surface area (Å²) in [6.45, 7) is 4.93. The van der Waals surface area contributed by atoms with Gasteiger partial charge in [0, 0.05) is 12.8 Å². The first-order valence-electron chi connectivity index (χ1n) is 34.7. The zero-order chi connectivity index (χ0) is 55.7. The van der Waals surface area contributed by atoms with Gasteiger partial charge in [-0.15, -0.1) is 0 Å². The minimum absolute atomic E-state index is 0.0146. The van der Waals surface area contributed by atoms with E-state index in [1.807, 2.05) is 0 Å². The molecule has 2 atom stereocenters. The predicted molar refractivity (Wildman–Crippen MR) is 338 cm³/mol. The summed E-state index contributed by atoms with van der Waals surface area (Å²) in [5.74, 6) is -0.0189. The van der Waals surface area contributed by atoms with E-state index in [9.17, 15) is 19.8 Å². The van der Waals surface area contributed by atoms with E-state index in [4.69, 9.17) is 4.74 Å². The lowest BCUT2D eigenvalue weighted by atomic mass is 10.0. The number of carbonyl (C=O) groups excluding carboxylic acids is 2. The highest BCUT2D eigenvalue weighted by Gasteiger charge is 2.20. The van der Waals surface area contributed by atoms with E-state index < -0.39 is 12.1 Å². The first kappa shape index (κ1) is 75.1. The molecule has 0 aliphatic carbocycles. The monoisotopic (exact) mass is 1080 g/mol. The van der Waals surface area contributed by atoms with Crippen LogP contribution in [0.4, 0.5) is 0 Å². The van der Waals surface area contributed by atoms with E-state index in [-0.39, 0.29) is 18.5 Å². The van der Waals surface area contributed by atoms with E-state index in [0.29, 0.717) is 25.9 Å². The number of hydrogen-bond donors (Lipinski definition) is 3. The van der Waals surface area contributed by atoms with Crippen LogP contribution in [0.5, 0.6) is 0 Å². The summed E-state index contributed by atoms with van der Waals surface area (Å²) in [6.07, 6.45) is 84.9. The number of aliphatic hydroxyl groups excluding tert-OH is 2. The van der Waals surface area contributed by atoms with Crippen LogP contribution < -0.4 is 5.32 Å². The molecule has 0 aromatic carbocycles. The van der Waals surface area contributed by atoms with Crippen molar-refractivity contribution >= 4 is 11.9 Å². The summed E-state index contributed by atoms with van der Waals surface area (Å²) in [6, 6.07) is -0.537. The maximum absolute atomic E-state index is 12.4. The number of aliphatic hydroxyl groups is 2. The van der Waals surface area contributed by atoms with Crippen LogP contribution in [0.15, 0.2) is 36.5 Å². The molecule has 2 unspecified atom stereocenters. The molecule has 0 saturated heterocycles. The van der Waals surface area contributed by atoms with Gasteiger partial charge in [0.15, 0.2) is 0 Å². The number of unbranched alkanes of at least 4 members (excludes halogenated alkanes) is 48. The fourth-order valence-corrected chi connectivity index (χ4v) is 10.8. The van der Waals surface area contributed by atoms with Crippen LogP contribution in [0.1, 0.15) is 380 Å². The summed E-state index contributed by atoms with van der Waals surface area (Å²) >= 11 is 0. The van der Waals surface area contributed by atoms with Crippen LogP contribution >= 0.6 is 0 Å². The third kappa shape index (κ3) is 63.1. The minimum Gasteiger partial charge on any atom is -0.466 e. The fraction of sp³-hybridized carbons (Fsp3) is 0.887. The molecule has 1 amide bonds. The lowest BCUT2D eigenvalue weighted by Gasteiger charge is -2.22. The third-order valence-electron chi connectivity index (χ3n) is 16.2. The molecule has 0 fully saturated rings. The minimum atomic E-state index is -0.660. The van der Waals surface area contributed by atoms with Crippen LogP contribution in [0, 0.1) is 0 Å². The zero-order valence-corrected chi connectivity index (χ0v) is 52.0. The van der Waals surface area contributed by atoms with Crippen LogP contribution in [0.25, 0.3) is 0 Å². The van der Waals surface area contributed by atoms with E-state index in [1.54, 1.807) is 0 Å². The Labute approximate surface area is 481 Å². The number of rotatable bonds is 65. The Bertz CT molecular complexity index is 1250. The highest BCUT2D eigenvalue weighted by molar-refractivity contribution is 5.76. The molecule has 0 aliphatic heterocycles. The van der Waals surface area contributed by atoms with Gasteiger partial charge >= 0.3 is 5.97 Å². The summed E-state index contributed by atoms with van der Waals surface area (Å²) in [7, 11) is 0. The number of amides is 1. The molecule has 0 aliphatic rings. The quantitative estimate of drug-likeness (QED) is 0.0320. The lowest BCUT2D eigenvalue weighted by Crippen LogP contribution is -2.45. The molecule has 0 aromatic rings. The van der Waals surface area contributed by atoms with Gasteiger partial charge in [-0.25, -0.2) is 0 Å². The van der Waals surface area contributed by atoms with E-state index in [2.05, 4.69) is 55.6 Å². The Hall–Kier alpha value is -1.92. The van der Waals surface area contributed by atoms with Gasteiger partial charge in [0.25, 0.3) is 0 Å². The molecule has 77 heavy (non-hydrogen) atoms. The van der Waals surface area contributed by atoms with Crippen molar-refractivity contribution in [3.8, 4) is 0 Å². The highest BCUT2D eigenvalue weighted by Crippen LogP contribution is 2.18. The molecule has 0 radical (unpaired) electrons. The van der Waals surface area contributed by atoms with Gasteiger partial charge in [-0.05, 0) is 83.5 Å². The van der Waals surface area contributed by atoms with Crippen LogP contribution in [0.3, 0.4) is 0 Å². The normalized spacial score (nSPS) is 12.7. The van der Waals surface area contributed by atoms with E-state index in [0.717, 1.165) is 51.4 Å². The molecule has 0 aromatic heterocycles. The standard InChI is InChI=1S/C71H135NO5/c1-3-5-7-9-11-13-14-15-16-17-32-36-39-42-45-49-53-57-61-65-71(76)77-66-62-58-54-50-46-43-40-37-34-31-29-27-25-23-21-19-18-20-22-24-26-28-30-33-35-38-41-44-48-52-56-60-64-70(75)72-68(67-73)69(74)63-59-55-51-47-12-10-8-6-4-2/h11,13,15-16,21,23,68-69,73-74H,3-10,12,14,17-20,22,24-67H2,1-2H3,(H,72,75)/b13-11-,16-15-,23-21-. The maximum Gasteiger partial charge on any atom is 0.305 e. The summed E-state index contributed by atoms with van der Waals surface area (Å²) in [4.78, 5) is 24.5. The van der Waals surface area contributed by atoms with Gasteiger partial charge < -0.3 is 20.3 Å². The number of nitrogens with one attached hydrogen (secondary N) is 1. The predicted octanol–water partition coefficient (Wildman–Crippen LogP) is 22.3. The van der Waals surface area contributed by atoms with Gasteiger partial charge in [-0.3, -0.25) is 9.59 Å². The molecule has 0 saturated carbocycles. The van der Waals surface area contributed by atoms with E-state index >= 15 is 0 Å². The van der Waals surface area contributed by atoms with E-state index in [1.165, 1.54) is 295 Å². The maximum atomic E-state index is 12.4. The van der Waals surface area contributed by atoms with Gasteiger partial charge in [0.1, 0.15) is 0 Å². The molecular formula is C71H135NO5. The number of ether oxygens (including phenoxy) is 1. The smallest absolute Gasteiger partial charge is 0.305 e. The second-order valence-corrected chi connectivity index (χ2v) is 23.9. The second kappa shape index (κ2) is 66.6. The van der Waals surface area contributed by atoms with Crippen molar-refractivity contribution in [2.45, 2.75) is 392 Å². The van der Waals surface area contributed by atoms with Crippen molar-refractivity contribution < 1.29 is 24.5 Å². The van der Waals surface area contributed by atoms with Crippen molar-refractivity contribution in [1.82, 2.24) is 5.32 Å². The summed E-state index contributed by atoms with van der Waals surface area (Å²) in [5.41, 5.74) is 0. The summed E-state index contributed by atoms with van der Waals surface area (Å²) in [5, 5.41) is 23.1. The topological polar surface area (TPSA) is 95.9 Å². The SMILES string of the molecule is CCCCC/C=C\C/C=C\CCCCCCCCCCCC(=O)OCCCCCCCCCCCCCC/C=C\CCCCCCCCCCCCCCCCCCC(=O)NC(CO)C(O)CCCCCCCCCCC. The number of carbonyl (C=O) groups is 2. The van der Waals surface area contributed by atoms with Crippen molar-refractivity contribution in [2.75, 3.05) is 13.2 Å². The highest BCUT2D eigenvalue weighted by atomic mass is 16.5. The second-order valence-electron chi connectivity index (χ2n) is 23.9. The fourth-order valence-electron chi connectivity index (χ4n) is 10.8. The van der Waals surface area contributed by atoms with Gasteiger partial charge in [-0.1, -0.05) is 320 Å². The first-order valence-corrected chi connectivity index (χ1v) is 34.7. The molecule has 6 nitrogen and oxygen atoms in total. The molecule has 0 spiro atoms. The van der Waals surface area contributed by atoms with Crippen molar-refractivity contribution in [2.24, 2.45) is 0 Å². The Morgan fingerprint density at radius 2 is 0.649 bits per heavy atom. The Kier molecular flexibility index (Phi) is 64.9. The zero-order valence-electron chi connectivity index (χ0n) is 52.0. The molecular weight excluding hydrogens is 947 g/mol. The molecule has 6 heteroatoms. The third-order valence-corrected chi connectivity index (χ3v) is 16.2. The summed E-state index contributed by atoms with van der Waals surface area (Å²) < 4.78 is 5.51. The number of esters is 1. The van der Waals surface area contributed by atoms with Crippen molar-refractivity contribution in [1.29, 1.82) is 0 Å². The van der Waals surface area contributed by atoms with Crippen molar-refractivity contribution in [3.05, 3.63) is 36.5 Å². The lowest BCUT2D eigenvalue weighted by molar-refractivity contribution is -0.143. The molecule has 0 bridgehead atoms. The Morgan fingerprint density at radius 3 is 1.03 bits per heavy atom. The number of allylic oxidation sites excluding steroid dienone is 6. The van der Waals surface area contributed by atoms with Gasteiger partial charge in [0.2, 0.25) is 5.91 Å². The van der Waals surface area contributed by atoms with Gasteiger partial charge in [0.05, 0.1) is 25.4 Å². The van der Waals surface area contributed by atoms with Gasteiger partial charge in [-0.2, -0.15) is 0 Å². The van der Waals surface area contributed by atoms with Crippen LogP contribution in [-0.2, 0) is 14.3 Å². The number of hydrogen-bond acceptors (Lipinski definition) is 5. The van der Waals surface area contributed by atoms with Crippen molar-refractivity contribution in [3.63, 3.8) is 0 Å². The Balaban J connectivity index is 3.32. The van der Waals surface area contributed by atoms with Crippen LogP contribution in [-0.4, -0.2) is 47.4 Å². The average Bonchev–Trinajstić information content (AvgIpc) is 3.43. The largest absolute Gasteiger partial charge is 0.466 e. The van der Waals surface area contributed by atoms with Crippen LogP contribution in [0.2, 0.25) is 0 Å². The average molecular weight is 1080 g/mol.